The molecule has 12 heteroatoms. The highest BCUT2D eigenvalue weighted by atomic mass is 32.2. The maximum Gasteiger partial charge on any atom is 0.227 e. The molecule has 0 aliphatic heterocycles. The smallest absolute Gasteiger partial charge is 0.227 e. The number of hydrogen-bond acceptors (Lipinski definition) is 6. The maximum absolute atomic E-state index is 14.3. The molecule has 0 aromatic heterocycles. The van der Waals surface area contributed by atoms with Gasteiger partial charge in [0.15, 0.2) is 0 Å². The Morgan fingerprint density at radius 2 is 1.56 bits per heavy atom. The molecule has 0 aromatic rings. The molecular weight excluding hydrogens is 602 g/mol. The molecule has 3 saturated carbocycles. The summed E-state index contributed by atoms with van der Waals surface area (Å²) in [7, 11) is -2.13. The van der Waals surface area contributed by atoms with Gasteiger partial charge in [0, 0.05) is 50.9 Å². The Hall–Kier alpha value is -1.81. The number of aliphatic hydroxyl groups excluding tert-OH is 1. The van der Waals surface area contributed by atoms with Gasteiger partial charge >= 0.3 is 0 Å². The molecule has 3 N–H and O–H groups in total. The van der Waals surface area contributed by atoms with Gasteiger partial charge < -0.3 is 15.3 Å². The summed E-state index contributed by atoms with van der Waals surface area (Å²) in [5, 5.41) is 15.1. The van der Waals surface area contributed by atoms with Crippen molar-refractivity contribution < 1.29 is 31.9 Å². The lowest BCUT2D eigenvalue weighted by Gasteiger charge is -2.37. The number of alkyl halides is 2. The van der Waals surface area contributed by atoms with Crippen LogP contribution in [0.5, 0.6) is 0 Å². The van der Waals surface area contributed by atoms with Crippen molar-refractivity contribution in [2.75, 3.05) is 26.7 Å². The first kappa shape index (κ1) is 37.6. The highest BCUT2D eigenvalue weighted by Crippen LogP contribution is 2.36. The molecule has 3 rings (SSSR count). The average Bonchev–Trinajstić information content (AvgIpc) is 2.99. The van der Waals surface area contributed by atoms with Gasteiger partial charge in [-0.3, -0.25) is 9.59 Å². The molecule has 3 fully saturated rings. The summed E-state index contributed by atoms with van der Waals surface area (Å²) < 4.78 is 54.5. The Bertz CT molecular complexity index is 1080. The number of halogens is 2. The number of amides is 2. The number of terminal acetylenes is 1. The van der Waals surface area contributed by atoms with E-state index in [2.05, 4.69) is 16.1 Å². The molecule has 7 unspecified atom stereocenters. The standard InChI is InChI=1S/C33H56F2N4O5S/c1-5-13-39(14-6-2)33(42)26-16-23(7-3)15-25(20-26)32(41)36-30(19-24-17-27(34)21-28(35)18-24)31(40)22-38(4)37-45(43,44)29-11-9-8-10-12-29/h3,23-31,37,40H,5-6,8-22H2,1-2,4H3,(H,36,41). The van der Waals surface area contributed by atoms with Crippen molar-refractivity contribution in [3.63, 3.8) is 0 Å². The summed E-state index contributed by atoms with van der Waals surface area (Å²) >= 11 is 0. The topological polar surface area (TPSA) is 119 Å². The van der Waals surface area contributed by atoms with Crippen molar-refractivity contribution in [1.82, 2.24) is 20.1 Å². The molecule has 3 aliphatic carbocycles. The second kappa shape index (κ2) is 17.9. The Kier molecular flexibility index (Phi) is 15.0. The molecule has 0 aromatic carbocycles. The van der Waals surface area contributed by atoms with Gasteiger partial charge in [0.25, 0.3) is 0 Å². The number of hydrogen-bond donors (Lipinski definition) is 3. The molecular formula is C33H56F2N4O5S. The predicted molar refractivity (Wildman–Crippen MR) is 172 cm³/mol. The van der Waals surface area contributed by atoms with Gasteiger partial charge in [0.05, 0.1) is 17.4 Å². The summed E-state index contributed by atoms with van der Waals surface area (Å²) in [6.07, 6.45) is 9.01. The number of likely N-dealkylation sites (N-methyl/N-ethyl adjacent to an activating group) is 1. The van der Waals surface area contributed by atoms with Crippen LogP contribution in [0.2, 0.25) is 0 Å². The van der Waals surface area contributed by atoms with Crippen LogP contribution in [0, 0.1) is 36.0 Å². The van der Waals surface area contributed by atoms with Gasteiger partial charge in [-0.25, -0.2) is 22.2 Å². The number of carbonyl (C=O) groups excluding carboxylic acids is 2. The lowest BCUT2D eigenvalue weighted by Crippen LogP contribution is -2.54. The second-order valence-electron chi connectivity index (χ2n) is 13.8. The first-order valence-corrected chi connectivity index (χ1v) is 18.6. The predicted octanol–water partition coefficient (Wildman–Crippen LogP) is 4.11. The van der Waals surface area contributed by atoms with E-state index in [9.17, 15) is 31.9 Å². The first-order valence-electron chi connectivity index (χ1n) is 17.1. The third-order valence-electron chi connectivity index (χ3n) is 9.77. The maximum atomic E-state index is 14.3. The number of rotatable bonds is 15. The van der Waals surface area contributed by atoms with Gasteiger partial charge in [0.2, 0.25) is 21.8 Å². The minimum Gasteiger partial charge on any atom is -0.390 e. The van der Waals surface area contributed by atoms with Crippen molar-refractivity contribution in [3.8, 4) is 12.3 Å². The fraction of sp³-hybridized carbons (Fsp3) is 0.879. The van der Waals surface area contributed by atoms with Crippen molar-refractivity contribution in [2.24, 2.45) is 23.7 Å². The van der Waals surface area contributed by atoms with Crippen LogP contribution in [0.25, 0.3) is 0 Å². The van der Waals surface area contributed by atoms with E-state index in [4.69, 9.17) is 6.42 Å². The number of nitrogens with zero attached hydrogens (tertiary/aromatic N) is 2. The lowest BCUT2D eigenvalue weighted by atomic mass is 9.74. The van der Waals surface area contributed by atoms with Crippen molar-refractivity contribution in [1.29, 1.82) is 0 Å². The Balaban J connectivity index is 1.73. The fourth-order valence-electron chi connectivity index (χ4n) is 7.57. The molecule has 0 radical (unpaired) electrons. The average molecular weight is 659 g/mol. The quantitative estimate of drug-likeness (QED) is 0.180. The van der Waals surface area contributed by atoms with E-state index in [0.717, 1.165) is 32.1 Å². The minimum atomic E-state index is -3.65. The van der Waals surface area contributed by atoms with Gasteiger partial charge in [-0.15, -0.1) is 17.2 Å². The number of sulfonamides is 1. The van der Waals surface area contributed by atoms with E-state index in [1.165, 1.54) is 12.1 Å². The van der Waals surface area contributed by atoms with Crippen LogP contribution in [0.1, 0.15) is 104 Å². The van der Waals surface area contributed by atoms with E-state index < -0.39 is 57.5 Å². The molecule has 0 heterocycles. The zero-order valence-corrected chi connectivity index (χ0v) is 28.2. The Labute approximate surface area is 269 Å². The van der Waals surface area contributed by atoms with Crippen LogP contribution in [0.4, 0.5) is 8.78 Å². The second-order valence-corrected chi connectivity index (χ2v) is 15.7. The molecule has 0 spiro atoms. The van der Waals surface area contributed by atoms with Crippen LogP contribution in [0.15, 0.2) is 0 Å². The van der Waals surface area contributed by atoms with Gasteiger partial charge in [0.1, 0.15) is 12.3 Å². The van der Waals surface area contributed by atoms with Crippen LogP contribution in [-0.4, -0.2) is 91.7 Å². The normalized spacial score (nSPS) is 29.5. The van der Waals surface area contributed by atoms with Crippen molar-refractivity contribution in [3.05, 3.63) is 0 Å². The lowest BCUT2D eigenvalue weighted by molar-refractivity contribution is -0.139. The number of carbonyl (C=O) groups is 2. The van der Waals surface area contributed by atoms with Crippen LogP contribution >= 0.6 is 0 Å². The molecule has 45 heavy (non-hydrogen) atoms. The minimum absolute atomic E-state index is 0.00471. The Morgan fingerprint density at radius 1 is 0.956 bits per heavy atom. The first-order chi connectivity index (χ1) is 21.4. The van der Waals surface area contributed by atoms with Crippen molar-refractivity contribution >= 4 is 21.8 Å². The summed E-state index contributed by atoms with van der Waals surface area (Å²) in [5.74, 6) is 0.783. The molecule has 258 valence electrons. The fourth-order valence-corrected chi connectivity index (χ4v) is 9.18. The molecule has 2 amide bonds. The monoisotopic (exact) mass is 658 g/mol. The number of aliphatic hydroxyl groups is 1. The van der Waals surface area contributed by atoms with Crippen LogP contribution < -0.4 is 10.1 Å². The number of hydrazine groups is 1. The molecule has 7 atom stereocenters. The SMILES string of the molecule is C#CC1CC(C(=O)NC(CC2CC(F)CC(F)C2)C(O)CN(C)NS(=O)(=O)C2CCCCC2)CC(C(=O)N(CCC)CCC)C1. The summed E-state index contributed by atoms with van der Waals surface area (Å²) in [6, 6.07) is -0.876. The molecule has 3 aliphatic rings. The van der Waals surface area contributed by atoms with Gasteiger partial charge in [-0.1, -0.05) is 33.1 Å². The zero-order chi connectivity index (χ0) is 33.1. The largest absolute Gasteiger partial charge is 0.390 e. The Morgan fingerprint density at radius 3 is 2.13 bits per heavy atom. The van der Waals surface area contributed by atoms with E-state index >= 15 is 0 Å². The van der Waals surface area contributed by atoms with Crippen LogP contribution in [0.3, 0.4) is 0 Å². The van der Waals surface area contributed by atoms with E-state index in [0.29, 0.717) is 45.2 Å². The summed E-state index contributed by atoms with van der Waals surface area (Å²) in [6.45, 7) is 5.18. The zero-order valence-electron chi connectivity index (χ0n) is 27.4. The summed E-state index contributed by atoms with van der Waals surface area (Å²) in [4.78, 5) is 31.6. The number of nitrogens with one attached hydrogen (secondary N) is 2. The third kappa shape index (κ3) is 11.4. The summed E-state index contributed by atoms with van der Waals surface area (Å²) in [5.41, 5.74) is 0. The molecule has 0 bridgehead atoms. The van der Waals surface area contributed by atoms with Gasteiger partial charge in [-0.05, 0) is 70.1 Å². The third-order valence-corrected chi connectivity index (χ3v) is 11.7. The van der Waals surface area contributed by atoms with Crippen molar-refractivity contribution in [2.45, 2.75) is 133 Å². The molecule has 0 saturated heterocycles. The molecule has 9 nitrogen and oxygen atoms in total. The highest BCUT2D eigenvalue weighted by Gasteiger charge is 2.39. The van der Waals surface area contributed by atoms with E-state index in [-0.39, 0.29) is 50.0 Å². The van der Waals surface area contributed by atoms with Gasteiger partial charge in [-0.2, -0.15) is 0 Å². The highest BCUT2D eigenvalue weighted by molar-refractivity contribution is 7.90. The van der Waals surface area contributed by atoms with E-state index in [1.54, 1.807) is 0 Å². The van der Waals surface area contributed by atoms with E-state index in [1.807, 2.05) is 18.7 Å². The van der Waals surface area contributed by atoms with Crippen LogP contribution in [-0.2, 0) is 19.6 Å².